The molecule has 0 bridgehead atoms. The lowest BCUT2D eigenvalue weighted by Gasteiger charge is -2.08. The number of nitrogens with one attached hydrogen (secondary N) is 2. The van der Waals surface area contributed by atoms with Crippen molar-refractivity contribution in [2.75, 3.05) is 0 Å². The van der Waals surface area contributed by atoms with Crippen molar-refractivity contribution in [3.63, 3.8) is 0 Å². The van der Waals surface area contributed by atoms with E-state index < -0.39 is 17.6 Å². The van der Waals surface area contributed by atoms with Crippen LogP contribution in [-0.4, -0.2) is 17.0 Å². The summed E-state index contributed by atoms with van der Waals surface area (Å²) in [5.74, 6) is -1.45. The number of nitrogens with zero attached hydrogens (tertiary/aromatic N) is 1. The molecule has 0 saturated heterocycles. The maximum absolute atomic E-state index is 13.5. The highest BCUT2D eigenvalue weighted by Gasteiger charge is 2.17. The van der Waals surface area contributed by atoms with Crippen LogP contribution < -0.4 is 10.6 Å². The van der Waals surface area contributed by atoms with Gasteiger partial charge in [-0.2, -0.15) is 0 Å². The van der Waals surface area contributed by atoms with E-state index in [1.807, 2.05) is 37.3 Å². The monoisotopic (exact) mass is 445 g/mol. The van der Waals surface area contributed by atoms with Crippen LogP contribution in [0.5, 0.6) is 0 Å². The molecule has 0 spiro atoms. The van der Waals surface area contributed by atoms with Gasteiger partial charge >= 0.3 is 11.8 Å². The van der Waals surface area contributed by atoms with Crippen LogP contribution in [0.15, 0.2) is 57.5 Å². The van der Waals surface area contributed by atoms with Gasteiger partial charge in [0.05, 0.1) is 11.0 Å². The Bertz CT molecular complexity index is 1010. The number of aromatic nitrogens is 1. The largest absolute Gasteiger partial charge is 0.356 e. The molecule has 0 radical (unpaired) electrons. The third kappa shape index (κ3) is 4.45. The first-order chi connectivity index (χ1) is 13.5. The van der Waals surface area contributed by atoms with E-state index in [1.54, 1.807) is 6.07 Å². The van der Waals surface area contributed by atoms with E-state index >= 15 is 0 Å². The van der Waals surface area contributed by atoms with Gasteiger partial charge in [0.2, 0.25) is 0 Å². The minimum atomic E-state index is -0.819. The predicted molar refractivity (Wildman–Crippen MR) is 104 cm³/mol. The molecule has 1 aromatic heterocycles. The molecular weight excluding hydrogens is 429 g/mol. The maximum atomic E-state index is 13.5. The summed E-state index contributed by atoms with van der Waals surface area (Å²) in [5.41, 5.74) is 2.73. The molecule has 0 aliphatic heterocycles. The molecule has 28 heavy (non-hydrogen) atoms. The summed E-state index contributed by atoms with van der Waals surface area (Å²) in [6, 6.07) is 13.9. The zero-order valence-electron chi connectivity index (χ0n) is 15.0. The SMILES string of the molecule is Cc1c(CNC(=O)C(=O)NCc2cccc(F)c2Br)noc1-c1ccccc1. The van der Waals surface area contributed by atoms with Gasteiger partial charge in [-0.15, -0.1) is 0 Å². The van der Waals surface area contributed by atoms with Gasteiger partial charge in [-0.25, -0.2) is 4.39 Å². The molecule has 3 rings (SSSR count). The van der Waals surface area contributed by atoms with Crippen molar-refractivity contribution in [2.24, 2.45) is 0 Å². The molecule has 2 aromatic carbocycles. The first kappa shape index (κ1) is 19.8. The molecular formula is C20H17BrFN3O3. The second-order valence-electron chi connectivity index (χ2n) is 6.03. The van der Waals surface area contributed by atoms with E-state index in [9.17, 15) is 14.0 Å². The summed E-state index contributed by atoms with van der Waals surface area (Å²) in [6.45, 7) is 1.91. The van der Waals surface area contributed by atoms with Crippen molar-refractivity contribution in [3.8, 4) is 11.3 Å². The molecule has 0 fully saturated rings. The first-order valence-electron chi connectivity index (χ1n) is 8.47. The Morgan fingerprint density at radius 1 is 1.04 bits per heavy atom. The molecule has 1 heterocycles. The normalized spacial score (nSPS) is 10.5. The number of carbonyl (C=O) groups excluding carboxylic acids is 2. The van der Waals surface area contributed by atoms with Gasteiger partial charge in [0.25, 0.3) is 0 Å². The summed E-state index contributed by atoms with van der Waals surface area (Å²) in [4.78, 5) is 24.0. The minimum Gasteiger partial charge on any atom is -0.356 e. The molecule has 6 nitrogen and oxygen atoms in total. The number of amides is 2. The quantitative estimate of drug-likeness (QED) is 0.588. The zero-order valence-corrected chi connectivity index (χ0v) is 16.5. The number of hydrogen-bond donors (Lipinski definition) is 2. The van der Waals surface area contributed by atoms with E-state index in [0.29, 0.717) is 17.0 Å². The lowest BCUT2D eigenvalue weighted by Crippen LogP contribution is -2.39. The predicted octanol–water partition coefficient (Wildman–Crippen LogP) is 3.48. The summed E-state index contributed by atoms with van der Waals surface area (Å²) in [7, 11) is 0. The second-order valence-corrected chi connectivity index (χ2v) is 6.82. The van der Waals surface area contributed by atoms with Crippen LogP contribution >= 0.6 is 15.9 Å². The lowest BCUT2D eigenvalue weighted by molar-refractivity contribution is -0.139. The van der Waals surface area contributed by atoms with Crippen molar-refractivity contribution >= 4 is 27.7 Å². The van der Waals surface area contributed by atoms with Crippen LogP contribution in [0.25, 0.3) is 11.3 Å². The van der Waals surface area contributed by atoms with Crippen LogP contribution in [0.1, 0.15) is 16.8 Å². The highest BCUT2D eigenvalue weighted by Crippen LogP contribution is 2.25. The lowest BCUT2D eigenvalue weighted by atomic mass is 10.1. The third-order valence-electron chi connectivity index (χ3n) is 4.15. The Balaban J connectivity index is 1.56. The fourth-order valence-electron chi connectivity index (χ4n) is 2.58. The van der Waals surface area contributed by atoms with Gasteiger partial charge in [-0.1, -0.05) is 47.6 Å². The molecule has 0 atom stereocenters. The molecule has 0 aliphatic rings. The molecule has 0 aliphatic carbocycles. The van der Waals surface area contributed by atoms with Gasteiger partial charge in [-0.05, 0) is 34.5 Å². The summed E-state index contributed by atoms with van der Waals surface area (Å²) < 4.78 is 19.1. The summed E-state index contributed by atoms with van der Waals surface area (Å²) >= 11 is 3.11. The van der Waals surface area contributed by atoms with Gasteiger partial charge in [0.1, 0.15) is 11.5 Å². The van der Waals surface area contributed by atoms with Crippen LogP contribution in [0.4, 0.5) is 4.39 Å². The highest BCUT2D eigenvalue weighted by atomic mass is 79.9. The number of benzene rings is 2. The van der Waals surface area contributed by atoms with Gasteiger partial charge in [0.15, 0.2) is 5.76 Å². The number of halogens is 2. The van der Waals surface area contributed by atoms with Crippen molar-refractivity contribution in [2.45, 2.75) is 20.0 Å². The molecule has 2 amide bonds. The van der Waals surface area contributed by atoms with E-state index in [-0.39, 0.29) is 17.6 Å². The van der Waals surface area contributed by atoms with Crippen LogP contribution in [0.2, 0.25) is 0 Å². The van der Waals surface area contributed by atoms with E-state index in [0.717, 1.165) is 11.1 Å². The van der Waals surface area contributed by atoms with Crippen molar-refractivity contribution in [1.82, 2.24) is 15.8 Å². The smallest absolute Gasteiger partial charge is 0.309 e. The summed E-state index contributed by atoms with van der Waals surface area (Å²) in [6.07, 6.45) is 0. The van der Waals surface area contributed by atoms with Crippen LogP contribution in [0, 0.1) is 12.7 Å². The molecule has 2 N–H and O–H groups in total. The topological polar surface area (TPSA) is 84.2 Å². The Labute approximate surface area is 169 Å². The Hall–Kier alpha value is -3.00. The average molecular weight is 446 g/mol. The van der Waals surface area contributed by atoms with E-state index in [1.165, 1.54) is 12.1 Å². The van der Waals surface area contributed by atoms with Gasteiger partial charge in [-0.3, -0.25) is 9.59 Å². The fraction of sp³-hybridized carbons (Fsp3) is 0.150. The van der Waals surface area contributed by atoms with Crippen LogP contribution in [0.3, 0.4) is 0 Å². The number of hydrogen-bond acceptors (Lipinski definition) is 4. The second kappa shape index (κ2) is 8.79. The summed E-state index contributed by atoms with van der Waals surface area (Å²) in [5, 5.41) is 8.93. The van der Waals surface area contributed by atoms with Crippen molar-refractivity contribution < 1.29 is 18.5 Å². The van der Waals surface area contributed by atoms with Gasteiger partial charge < -0.3 is 15.2 Å². The number of carbonyl (C=O) groups is 2. The Morgan fingerprint density at radius 3 is 2.43 bits per heavy atom. The first-order valence-corrected chi connectivity index (χ1v) is 9.26. The average Bonchev–Trinajstić information content (AvgIpc) is 3.08. The molecule has 8 heteroatoms. The third-order valence-corrected chi connectivity index (χ3v) is 5.04. The van der Waals surface area contributed by atoms with Gasteiger partial charge in [0, 0.05) is 17.7 Å². The molecule has 3 aromatic rings. The molecule has 144 valence electrons. The fourth-order valence-corrected chi connectivity index (χ4v) is 2.98. The van der Waals surface area contributed by atoms with Crippen molar-refractivity contribution in [1.29, 1.82) is 0 Å². The number of rotatable bonds is 5. The minimum absolute atomic E-state index is 0.0196. The van der Waals surface area contributed by atoms with E-state index in [4.69, 9.17) is 4.52 Å². The zero-order chi connectivity index (χ0) is 20.1. The standard InChI is InChI=1S/C20H17BrFN3O3/c1-12-16(25-28-18(12)13-6-3-2-4-7-13)11-24-20(27)19(26)23-10-14-8-5-9-15(22)17(14)21/h2-9H,10-11H2,1H3,(H,23,26)(H,24,27). The Morgan fingerprint density at radius 2 is 1.71 bits per heavy atom. The van der Waals surface area contributed by atoms with Crippen molar-refractivity contribution in [3.05, 3.63) is 75.6 Å². The highest BCUT2D eigenvalue weighted by molar-refractivity contribution is 9.10. The Kier molecular flexibility index (Phi) is 6.20. The van der Waals surface area contributed by atoms with E-state index in [2.05, 4.69) is 31.7 Å². The molecule has 0 unspecified atom stereocenters. The maximum Gasteiger partial charge on any atom is 0.309 e. The molecule has 0 saturated carbocycles. The van der Waals surface area contributed by atoms with Crippen LogP contribution in [-0.2, 0) is 22.7 Å².